The number of nitrogens with one attached hydrogen (secondary N) is 1. The summed E-state index contributed by atoms with van der Waals surface area (Å²) < 4.78 is 1.83. The maximum Gasteiger partial charge on any atom is 0.193 e. The lowest BCUT2D eigenvalue weighted by molar-refractivity contribution is 0.475. The van der Waals surface area contributed by atoms with Crippen LogP contribution in [0.2, 0.25) is 0 Å². The quantitative estimate of drug-likeness (QED) is 0.655. The number of hydrogen-bond donors (Lipinski definition) is 1. The highest BCUT2D eigenvalue weighted by molar-refractivity contribution is 5.79. The van der Waals surface area contributed by atoms with Crippen LogP contribution in [0.25, 0.3) is 0 Å². The highest BCUT2D eigenvalue weighted by Crippen LogP contribution is 2.16. The molecular formula is C19H29N5. The fraction of sp³-hybridized carbons (Fsp3) is 0.474. The van der Waals surface area contributed by atoms with Crippen LogP contribution in [0.15, 0.2) is 41.7 Å². The Bertz CT molecular complexity index is 674. The van der Waals surface area contributed by atoms with Crippen LogP contribution in [-0.2, 0) is 13.6 Å². The van der Waals surface area contributed by atoms with Crippen molar-refractivity contribution < 1.29 is 0 Å². The summed E-state index contributed by atoms with van der Waals surface area (Å²) in [7, 11) is 4.00. The van der Waals surface area contributed by atoms with Crippen LogP contribution in [0.4, 0.5) is 0 Å². The Morgan fingerprint density at radius 2 is 2.21 bits per heavy atom. The number of hydrogen-bond acceptors (Lipinski definition) is 2. The van der Waals surface area contributed by atoms with Gasteiger partial charge in [0.15, 0.2) is 5.96 Å². The molecule has 1 N–H and O–H groups in total. The number of aryl methyl sites for hydroxylation is 2. The third-order valence-electron chi connectivity index (χ3n) is 4.00. The van der Waals surface area contributed by atoms with Crippen molar-refractivity contribution in [2.75, 3.05) is 20.1 Å². The Kier molecular flexibility index (Phi) is 6.41. The van der Waals surface area contributed by atoms with E-state index in [1.165, 1.54) is 16.7 Å². The van der Waals surface area contributed by atoms with Gasteiger partial charge in [0.05, 0.1) is 6.20 Å². The second-order valence-electron chi connectivity index (χ2n) is 6.39. The first-order valence-electron chi connectivity index (χ1n) is 8.53. The third kappa shape index (κ3) is 5.11. The minimum Gasteiger partial charge on any atom is -0.357 e. The van der Waals surface area contributed by atoms with E-state index in [1.807, 2.05) is 24.1 Å². The lowest BCUT2D eigenvalue weighted by atomic mass is 10.00. The van der Waals surface area contributed by atoms with E-state index in [0.29, 0.717) is 5.92 Å². The van der Waals surface area contributed by atoms with Crippen LogP contribution in [0.3, 0.4) is 0 Å². The van der Waals surface area contributed by atoms with Crippen LogP contribution >= 0.6 is 0 Å². The van der Waals surface area contributed by atoms with E-state index in [1.54, 1.807) is 0 Å². The van der Waals surface area contributed by atoms with Crippen LogP contribution in [-0.4, -0.2) is 40.8 Å². The van der Waals surface area contributed by atoms with E-state index in [0.717, 1.165) is 25.6 Å². The van der Waals surface area contributed by atoms with Crippen molar-refractivity contribution in [2.45, 2.75) is 33.2 Å². The topological polar surface area (TPSA) is 45.5 Å². The van der Waals surface area contributed by atoms with E-state index in [-0.39, 0.29) is 0 Å². The normalized spacial score (nSPS) is 13.0. The lowest BCUT2D eigenvalue weighted by Crippen LogP contribution is -2.38. The molecule has 5 heteroatoms. The van der Waals surface area contributed by atoms with Crippen molar-refractivity contribution in [3.63, 3.8) is 0 Å². The van der Waals surface area contributed by atoms with Crippen molar-refractivity contribution in [1.82, 2.24) is 20.0 Å². The van der Waals surface area contributed by atoms with Crippen LogP contribution in [0, 0.1) is 6.92 Å². The molecule has 2 aromatic rings. The summed E-state index contributed by atoms with van der Waals surface area (Å²) in [5, 5.41) is 7.60. The number of nitrogens with zero attached hydrogens (tertiary/aromatic N) is 4. The van der Waals surface area contributed by atoms with Gasteiger partial charge in [-0.3, -0.25) is 9.67 Å². The summed E-state index contributed by atoms with van der Waals surface area (Å²) in [6.45, 7) is 8.86. The van der Waals surface area contributed by atoms with Gasteiger partial charge in [-0.25, -0.2) is 0 Å². The molecule has 1 aromatic carbocycles. The number of rotatable bonds is 6. The molecular weight excluding hydrogens is 298 g/mol. The smallest absolute Gasteiger partial charge is 0.193 e. The number of aliphatic imine (C=N–C) groups is 1. The maximum atomic E-state index is 4.83. The number of aromatic nitrogens is 2. The molecule has 0 bridgehead atoms. The van der Waals surface area contributed by atoms with Gasteiger partial charge in [0, 0.05) is 51.4 Å². The Hall–Kier alpha value is -2.30. The molecule has 5 nitrogen and oxygen atoms in total. The molecule has 0 radical (unpaired) electrons. The molecule has 1 aromatic heterocycles. The average Bonchev–Trinajstić information content (AvgIpc) is 2.96. The predicted molar refractivity (Wildman–Crippen MR) is 100 cm³/mol. The molecule has 0 saturated heterocycles. The van der Waals surface area contributed by atoms with Gasteiger partial charge in [-0.15, -0.1) is 0 Å². The molecule has 0 spiro atoms. The highest BCUT2D eigenvalue weighted by Gasteiger charge is 2.10. The van der Waals surface area contributed by atoms with Gasteiger partial charge >= 0.3 is 0 Å². The lowest BCUT2D eigenvalue weighted by Gasteiger charge is -2.22. The Balaban J connectivity index is 2.03. The summed E-state index contributed by atoms with van der Waals surface area (Å²) >= 11 is 0. The van der Waals surface area contributed by atoms with E-state index in [4.69, 9.17) is 4.99 Å². The van der Waals surface area contributed by atoms with E-state index in [2.05, 4.69) is 67.4 Å². The molecule has 0 amide bonds. The Morgan fingerprint density at radius 1 is 1.42 bits per heavy atom. The monoisotopic (exact) mass is 327 g/mol. The fourth-order valence-corrected chi connectivity index (χ4v) is 2.68. The molecule has 1 heterocycles. The van der Waals surface area contributed by atoms with E-state index >= 15 is 0 Å². The zero-order chi connectivity index (χ0) is 17.5. The molecule has 0 aliphatic heterocycles. The van der Waals surface area contributed by atoms with Gasteiger partial charge in [0.25, 0.3) is 0 Å². The first kappa shape index (κ1) is 18.0. The van der Waals surface area contributed by atoms with Crippen LogP contribution in [0.5, 0.6) is 0 Å². The van der Waals surface area contributed by atoms with Gasteiger partial charge in [0.2, 0.25) is 0 Å². The molecule has 24 heavy (non-hydrogen) atoms. The summed E-state index contributed by atoms with van der Waals surface area (Å²) in [4.78, 5) is 6.97. The SMILES string of the molecule is CCNC(=NCC(C)c1cccc(C)c1)N(C)Cc1cnn(C)c1. The molecule has 0 aliphatic rings. The first-order valence-corrected chi connectivity index (χ1v) is 8.53. The zero-order valence-corrected chi connectivity index (χ0v) is 15.5. The van der Waals surface area contributed by atoms with Gasteiger partial charge in [0.1, 0.15) is 0 Å². The van der Waals surface area contributed by atoms with Gasteiger partial charge in [-0.2, -0.15) is 5.10 Å². The van der Waals surface area contributed by atoms with Crippen LogP contribution in [0.1, 0.15) is 36.5 Å². The van der Waals surface area contributed by atoms with Gasteiger partial charge in [-0.05, 0) is 19.4 Å². The summed E-state index contributed by atoms with van der Waals surface area (Å²) in [5.74, 6) is 1.33. The standard InChI is InChI=1S/C19H29N5/c1-6-20-19(23(4)13-17-12-22-24(5)14-17)21-11-16(3)18-9-7-8-15(2)10-18/h7-10,12,14,16H,6,11,13H2,1-5H3,(H,20,21). The van der Waals surface area contributed by atoms with Crippen molar-refractivity contribution in [3.05, 3.63) is 53.3 Å². The minimum absolute atomic E-state index is 0.394. The molecule has 130 valence electrons. The minimum atomic E-state index is 0.394. The van der Waals surface area contributed by atoms with Crippen molar-refractivity contribution in [3.8, 4) is 0 Å². The first-order chi connectivity index (χ1) is 11.5. The molecule has 1 atom stereocenters. The molecule has 0 saturated carbocycles. The number of guanidine groups is 1. The van der Waals surface area contributed by atoms with Gasteiger partial charge in [-0.1, -0.05) is 36.8 Å². The molecule has 0 fully saturated rings. The molecule has 1 unspecified atom stereocenters. The highest BCUT2D eigenvalue weighted by atomic mass is 15.3. The van der Waals surface area contributed by atoms with Crippen molar-refractivity contribution >= 4 is 5.96 Å². The summed E-state index contributed by atoms with van der Waals surface area (Å²) in [5.41, 5.74) is 3.81. The Labute approximate surface area is 145 Å². The maximum absolute atomic E-state index is 4.83. The second kappa shape index (κ2) is 8.52. The third-order valence-corrected chi connectivity index (χ3v) is 4.00. The molecule has 0 aliphatic carbocycles. The summed E-state index contributed by atoms with van der Waals surface area (Å²) in [6, 6.07) is 8.67. The number of benzene rings is 1. The van der Waals surface area contributed by atoms with Gasteiger partial charge < -0.3 is 10.2 Å². The van der Waals surface area contributed by atoms with Crippen LogP contribution < -0.4 is 5.32 Å². The van der Waals surface area contributed by atoms with Crippen molar-refractivity contribution in [2.24, 2.45) is 12.0 Å². The predicted octanol–water partition coefficient (Wildman–Crippen LogP) is 2.93. The molecule has 2 rings (SSSR count). The summed E-state index contributed by atoms with van der Waals surface area (Å²) in [6.07, 6.45) is 3.94. The second-order valence-corrected chi connectivity index (χ2v) is 6.39. The largest absolute Gasteiger partial charge is 0.357 e. The van der Waals surface area contributed by atoms with E-state index in [9.17, 15) is 0 Å². The Morgan fingerprint density at radius 3 is 2.83 bits per heavy atom. The zero-order valence-electron chi connectivity index (χ0n) is 15.5. The van der Waals surface area contributed by atoms with E-state index < -0.39 is 0 Å². The average molecular weight is 327 g/mol. The van der Waals surface area contributed by atoms with Crippen molar-refractivity contribution in [1.29, 1.82) is 0 Å². The fourth-order valence-electron chi connectivity index (χ4n) is 2.68.